The van der Waals surface area contributed by atoms with Crippen molar-refractivity contribution in [1.29, 1.82) is 0 Å². The molecule has 2 nitrogen and oxygen atoms in total. The first-order valence-corrected chi connectivity index (χ1v) is 6.93. The Morgan fingerprint density at radius 2 is 1.67 bits per heavy atom. The fraction of sp³-hybridized carbons (Fsp3) is 0.625. The molecule has 18 heavy (non-hydrogen) atoms. The molecule has 0 unspecified atom stereocenters. The van der Waals surface area contributed by atoms with E-state index in [1.165, 1.54) is 22.3 Å². The third kappa shape index (κ3) is 4.43. The zero-order valence-electron chi connectivity index (χ0n) is 12.6. The first-order chi connectivity index (χ1) is 8.43. The van der Waals surface area contributed by atoms with Crippen molar-refractivity contribution >= 4 is 0 Å². The van der Waals surface area contributed by atoms with E-state index in [9.17, 15) is 0 Å². The van der Waals surface area contributed by atoms with Crippen LogP contribution < -0.4 is 5.73 Å². The Morgan fingerprint density at radius 1 is 1.11 bits per heavy atom. The molecule has 102 valence electrons. The van der Waals surface area contributed by atoms with Crippen molar-refractivity contribution in [2.45, 2.75) is 41.2 Å². The zero-order valence-corrected chi connectivity index (χ0v) is 12.6. The highest BCUT2D eigenvalue weighted by Gasteiger charge is 2.11. The van der Waals surface area contributed by atoms with Crippen molar-refractivity contribution in [3.8, 4) is 0 Å². The quantitative estimate of drug-likeness (QED) is 0.838. The third-order valence-electron chi connectivity index (χ3n) is 3.29. The molecule has 0 fully saturated rings. The summed E-state index contributed by atoms with van der Waals surface area (Å²) in [6.45, 7) is 15.0. The van der Waals surface area contributed by atoms with Crippen molar-refractivity contribution in [3.63, 3.8) is 0 Å². The largest absolute Gasteiger partial charge is 0.329 e. The summed E-state index contributed by atoms with van der Waals surface area (Å²) in [5.74, 6) is 0.683. The number of hydrogen-bond donors (Lipinski definition) is 1. The number of hydrogen-bond acceptors (Lipinski definition) is 2. The summed E-state index contributed by atoms with van der Waals surface area (Å²) < 4.78 is 0. The molecule has 1 rings (SSSR count). The van der Waals surface area contributed by atoms with Gasteiger partial charge in [-0.25, -0.2) is 0 Å². The van der Waals surface area contributed by atoms with Gasteiger partial charge in [-0.1, -0.05) is 31.5 Å². The minimum atomic E-state index is 0.683. The van der Waals surface area contributed by atoms with Gasteiger partial charge in [0.25, 0.3) is 0 Å². The second kappa shape index (κ2) is 6.91. The lowest BCUT2D eigenvalue weighted by Gasteiger charge is -2.25. The van der Waals surface area contributed by atoms with Crippen LogP contribution in [0.15, 0.2) is 12.1 Å². The van der Waals surface area contributed by atoms with Gasteiger partial charge in [0.05, 0.1) is 0 Å². The van der Waals surface area contributed by atoms with Gasteiger partial charge in [0.2, 0.25) is 0 Å². The molecule has 0 spiro atoms. The first kappa shape index (κ1) is 15.2. The van der Waals surface area contributed by atoms with Crippen molar-refractivity contribution in [2.75, 3.05) is 19.6 Å². The lowest BCUT2D eigenvalue weighted by molar-refractivity contribution is 0.242. The Kier molecular flexibility index (Phi) is 5.83. The van der Waals surface area contributed by atoms with Gasteiger partial charge in [-0.3, -0.25) is 4.90 Å². The average Bonchev–Trinajstić information content (AvgIpc) is 2.22. The molecule has 0 bridgehead atoms. The maximum absolute atomic E-state index is 5.72. The molecule has 0 aliphatic carbocycles. The molecule has 0 heterocycles. The van der Waals surface area contributed by atoms with E-state index in [2.05, 4.69) is 51.7 Å². The summed E-state index contributed by atoms with van der Waals surface area (Å²) in [5.41, 5.74) is 11.3. The Morgan fingerprint density at radius 3 is 2.11 bits per heavy atom. The van der Waals surface area contributed by atoms with E-state index in [-0.39, 0.29) is 0 Å². The summed E-state index contributed by atoms with van der Waals surface area (Å²) in [6, 6.07) is 4.55. The van der Waals surface area contributed by atoms with E-state index in [1.54, 1.807) is 0 Å². The molecule has 0 saturated carbocycles. The molecular formula is C16H28N2. The number of aryl methyl sites for hydroxylation is 3. The molecule has 0 aliphatic rings. The van der Waals surface area contributed by atoms with E-state index in [0.717, 1.165) is 26.2 Å². The Hall–Kier alpha value is -0.860. The summed E-state index contributed by atoms with van der Waals surface area (Å²) >= 11 is 0. The molecule has 1 aromatic rings. The molecule has 0 aliphatic heterocycles. The molecular weight excluding hydrogens is 220 g/mol. The van der Waals surface area contributed by atoms with Crippen LogP contribution in [0.25, 0.3) is 0 Å². The minimum Gasteiger partial charge on any atom is -0.329 e. The Bertz CT molecular complexity index is 360. The molecule has 0 amide bonds. The molecule has 2 N–H and O–H groups in total. The van der Waals surface area contributed by atoms with E-state index in [4.69, 9.17) is 5.73 Å². The van der Waals surface area contributed by atoms with Crippen LogP contribution in [0.3, 0.4) is 0 Å². The fourth-order valence-electron chi connectivity index (χ4n) is 2.62. The molecule has 0 saturated heterocycles. The van der Waals surface area contributed by atoms with E-state index in [1.807, 2.05) is 0 Å². The summed E-state index contributed by atoms with van der Waals surface area (Å²) in [4.78, 5) is 2.47. The molecule has 0 radical (unpaired) electrons. The zero-order chi connectivity index (χ0) is 13.7. The van der Waals surface area contributed by atoms with Gasteiger partial charge in [0.1, 0.15) is 0 Å². The van der Waals surface area contributed by atoms with Gasteiger partial charge in [0.15, 0.2) is 0 Å². The highest BCUT2D eigenvalue weighted by Crippen LogP contribution is 2.18. The predicted molar refractivity (Wildman–Crippen MR) is 79.8 cm³/mol. The topological polar surface area (TPSA) is 29.3 Å². The second-order valence-corrected chi connectivity index (χ2v) is 5.79. The van der Waals surface area contributed by atoms with E-state index >= 15 is 0 Å². The Labute approximate surface area is 112 Å². The van der Waals surface area contributed by atoms with Crippen molar-refractivity contribution < 1.29 is 0 Å². The summed E-state index contributed by atoms with van der Waals surface area (Å²) in [5, 5.41) is 0. The fourth-order valence-corrected chi connectivity index (χ4v) is 2.62. The minimum absolute atomic E-state index is 0.683. The van der Waals surface area contributed by atoms with Gasteiger partial charge >= 0.3 is 0 Å². The van der Waals surface area contributed by atoms with Crippen LogP contribution in [0.5, 0.6) is 0 Å². The predicted octanol–water partition coefficient (Wildman–Crippen LogP) is 3.03. The van der Waals surface area contributed by atoms with Crippen LogP contribution in [-0.2, 0) is 6.54 Å². The number of nitrogens with zero attached hydrogens (tertiary/aromatic N) is 1. The first-order valence-electron chi connectivity index (χ1n) is 6.93. The second-order valence-electron chi connectivity index (χ2n) is 5.79. The lowest BCUT2D eigenvalue weighted by atomic mass is 9.99. The highest BCUT2D eigenvalue weighted by atomic mass is 15.1. The van der Waals surface area contributed by atoms with Crippen LogP contribution >= 0.6 is 0 Å². The van der Waals surface area contributed by atoms with E-state index < -0.39 is 0 Å². The van der Waals surface area contributed by atoms with Crippen LogP contribution in [-0.4, -0.2) is 24.5 Å². The lowest BCUT2D eigenvalue weighted by Crippen LogP contribution is -2.32. The summed E-state index contributed by atoms with van der Waals surface area (Å²) in [7, 11) is 0. The monoisotopic (exact) mass is 248 g/mol. The molecule has 0 aromatic heterocycles. The van der Waals surface area contributed by atoms with Crippen LogP contribution in [0, 0.1) is 26.7 Å². The number of nitrogens with two attached hydrogens (primary N) is 1. The third-order valence-corrected chi connectivity index (χ3v) is 3.29. The van der Waals surface area contributed by atoms with Crippen molar-refractivity contribution in [2.24, 2.45) is 11.7 Å². The SMILES string of the molecule is Cc1cc(C)c(CN(CCN)CC(C)C)c(C)c1. The normalized spacial score (nSPS) is 11.6. The van der Waals surface area contributed by atoms with Gasteiger partial charge in [-0.15, -0.1) is 0 Å². The smallest absolute Gasteiger partial charge is 0.0239 e. The van der Waals surface area contributed by atoms with Gasteiger partial charge in [-0.05, 0) is 43.4 Å². The molecule has 0 atom stereocenters. The maximum atomic E-state index is 5.72. The maximum Gasteiger partial charge on any atom is 0.0239 e. The van der Waals surface area contributed by atoms with Crippen LogP contribution in [0.4, 0.5) is 0 Å². The summed E-state index contributed by atoms with van der Waals surface area (Å²) in [6.07, 6.45) is 0. The van der Waals surface area contributed by atoms with Crippen molar-refractivity contribution in [3.05, 3.63) is 34.4 Å². The van der Waals surface area contributed by atoms with Crippen LogP contribution in [0.1, 0.15) is 36.1 Å². The van der Waals surface area contributed by atoms with E-state index in [0.29, 0.717) is 5.92 Å². The highest BCUT2D eigenvalue weighted by molar-refractivity contribution is 5.37. The number of rotatable bonds is 6. The molecule has 2 heteroatoms. The van der Waals surface area contributed by atoms with Crippen LogP contribution in [0.2, 0.25) is 0 Å². The van der Waals surface area contributed by atoms with Gasteiger partial charge in [0, 0.05) is 26.2 Å². The van der Waals surface area contributed by atoms with Gasteiger partial charge in [-0.2, -0.15) is 0 Å². The Balaban J connectivity index is 2.86. The standard InChI is InChI=1S/C16H28N2/c1-12(2)10-18(7-6-17)11-16-14(4)8-13(3)9-15(16)5/h8-9,12H,6-7,10-11,17H2,1-5H3. The van der Waals surface area contributed by atoms with Crippen molar-refractivity contribution in [1.82, 2.24) is 4.90 Å². The van der Waals surface area contributed by atoms with Gasteiger partial charge < -0.3 is 5.73 Å². The molecule has 1 aromatic carbocycles. The number of benzene rings is 1. The average molecular weight is 248 g/mol.